The van der Waals surface area contributed by atoms with E-state index in [1.807, 2.05) is 11.6 Å². The highest BCUT2D eigenvalue weighted by Gasteiger charge is 2.44. The van der Waals surface area contributed by atoms with Crippen LogP contribution in [0.15, 0.2) is 4.52 Å². The van der Waals surface area contributed by atoms with Gasteiger partial charge in [0.15, 0.2) is 0 Å². The maximum atomic E-state index is 9.02. The van der Waals surface area contributed by atoms with Crippen LogP contribution < -0.4 is 9.47 Å². The molecular weight excluding hydrogens is 270 g/mol. The zero-order chi connectivity index (χ0) is 14.8. The van der Waals surface area contributed by atoms with Crippen LogP contribution in [0.5, 0.6) is 0 Å². The van der Waals surface area contributed by atoms with Gasteiger partial charge in [0.05, 0.1) is 25.3 Å². The highest BCUT2D eigenvalue weighted by Crippen LogP contribution is 2.49. The van der Waals surface area contributed by atoms with Gasteiger partial charge in [-0.2, -0.15) is 4.57 Å². The van der Waals surface area contributed by atoms with Crippen molar-refractivity contribution in [3.63, 3.8) is 0 Å². The van der Waals surface area contributed by atoms with Crippen LogP contribution in [-0.4, -0.2) is 37.1 Å². The van der Waals surface area contributed by atoms with E-state index in [1.165, 1.54) is 19.3 Å². The van der Waals surface area contributed by atoms with E-state index in [4.69, 9.17) is 14.4 Å². The highest BCUT2D eigenvalue weighted by molar-refractivity contribution is 5.20. The molecule has 0 aromatic carbocycles. The molecule has 21 heavy (non-hydrogen) atoms. The van der Waals surface area contributed by atoms with Crippen LogP contribution in [-0.2, 0) is 18.4 Å². The summed E-state index contributed by atoms with van der Waals surface area (Å²) >= 11 is 0. The van der Waals surface area contributed by atoms with Crippen molar-refractivity contribution in [1.82, 2.24) is 5.16 Å². The van der Waals surface area contributed by atoms with Gasteiger partial charge in [-0.3, -0.25) is 4.90 Å². The molecule has 1 aliphatic carbocycles. The topological polar surface area (TPSA) is 62.6 Å². The number of methoxy groups -OCH3 is 1. The lowest BCUT2D eigenvalue weighted by molar-refractivity contribution is -0.671. The largest absolute Gasteiger partial charge is 0.437 e. The summed E-state index contributed by atoms with van der Waals surface area (Å²) in [7, 11) is 3.64. The lowest BCUT2D eigenvalue weighted by Gasteiger charge is -2.27. The molecule has 1 aromatic rings. The Bertz CT molecular complexity index is 469. The summed E-state index contributed by atoms with van der Waals surface area (Å²) in [5.74, 6) is 3.28. The number of ether oxygens (including phenoxy) is 1. The molecule has 0 spiro atoms. The summed E-state index contributed by atoms with van der Waals surface area (Å²) in [5.41, 5.74) is 0. The first-order valence-electron chi connectivity index (χ1n) is 7.94. The van der Waals surface area contributed by atoms with Crippen molar-refractivity contribution in [2.45, 2.75) is 32.3 Å². The number of rotatable bonds is 6. The summed E-state index contributed by atoms with van der Waals surface area (Å²) < 4.78 is 12.6. The van der Waals surface area contributed by atoms with Crippen molar-refractivity contribution in [2.75, 3.05) is 31.7 Å². The summed E-state index contributed by atoms with van der Waals surface area (Å²) in [6.45, 7) is 2.88. The Hall–Kier alpha value is -1.14. The van der Waals surface area contributed by atoms with Crippen molar-refractivity contribution in [3.8, 4) is 0 Å². The molecule has 6 nitrogen and oxygen atoms in total. The third-order valence-electron chi connectivity index (χ3n) is 5.07. The number of nitrogens with zero attached hydrogens (tertiary/aromatic N) is 3. The van der Waals surface area contributed by atoms with E-state index in [0.717, 1.165) is 49.1 Å². The summed E-state index contributed by atoms with van der Waals surface area (Å²) in [6.07, 6.45) is 4.74. The third kappa shape index (κ3) is 3.06. The van der Waals surface area contributed by atoms with Crippen molar-refractivity contribution >= 4 is 6.01 Å². The molecule has 2 unspecified atom stereocenters. The molecule has 6 heteroatoms. The molecule has 2 fully saturated rings. The Kier molecular flexibility index (Phi) is 4.45. The number of hydrogen-bond donors (Lipinski definition) is 1. The summed E-state index contributed by atoms with van der Waals surface area (Å²) in [6, 6.07) is 0.836. The van der Waals surface area contributed by atoms with Gasteiger partial charge in [0.2, 0.25) is 0 Å². The van der Waals surface area contributed by atoms with Crippen LogP contribution in [0.3, 0.4) is 0 Å². The Morgan fingerprint density at radius 2 is 2.19 bits per heavy atom. The second-order valence-electron chi connectivity index (χ2n) is 6.37. The molecule has 1 saturated carbocycles. The predicted octanol–water partition coefficient (Wildman–Crippen LogP) is 0.880. The smallest absolute Gasteiger partial charge is 0.396 e. The number of aliphatic hydroxyl groups is 1. The second-order valence-corrected chi connectivity index (χ2v) is 6.37. The molecule has 1 saturated heterocycles. The highest BCUT2D eigenvalue weighted by atomic mass is 16.5. The van der Waals surface area contributed by atoms with Gasteiger partial charge in [-0.15, -0.1) is 0 Å². The minimum absolute atomic E-state index is 0.343. The van der Waals surface area contributed by atoms with Crippen LogP contribution >= 0.6 is 0 Å². The number of aliphatic hydroxyl groups excluding tert-OH is 1. The van der Waals surface area contributed by atoms with Crippen molar-refractivity contribution in [1.29, 1.82) is 0 Å². The van der Waals surface area contributed by atoms with Gasteiger partial charge in [0.25, 0.3) is 0 Å². The standard InChI is InChI=1S/C15H26N3O3/c1-17-14(10-20-2)16-21-15(17)18-6-3-11(4-7-18)13-9-12(13)5-8-19/h11-13,19H,3-10H2,1-2H3/q+1. The van der Waals surface area contributed by atoms with Crippen LogP contribution in [0.4, 0.5) is 6.01 Å². The Morgan fingerprint density at radius 3 is 2.86 bits per heavy atom. The fourth-order valence-corrected chi connectivity index (χ4v) is 3.71. The van der Waals surface area contributed by atoms with E-state index >= 15 is 0 Å². The fourth-order valence-electron chi connectivity index (χ4n) is 3.71. The normalized spacial score (nSPS) is 26.3. The molecule has 0 amide bonds. The molecule has 0 bridgehead atoms. The van der Waals surface area contributed by atoms with Crippen LogP contribution in [0.2, 0.25) is 0 Å². The van der Waals surface area contributed by atoms with Crippen molar-refractivity contribution in [2.24, 2.45) is 24.8 Å². The number of anilines is 1. The molecule has 1 N–H and O–H groups in total. The Labute approximate surface area is 125 Å². The van der Waals surface area contributed by atoms with E-state index < -0.39 is 0 Å². The van der Waals surface area contributed by atoms with E-state index in [1.54, 1.807) is 7.11 Å². The van der Waals surface area contributed by atoms with Gasteiger partial charge in [0.1, 0.15) is 6.61 Å². The van der Waals surface area contributed by atoms with Gasteiger partial charge >= 0.3 is 11.8 Å². The maximum absolute atomic E-state index is 9.02. The van der Waals surface area contributed by atoms with Crippen LogP contribution in [0.1, 0.15) is 31.5 Å². The molecule has 1 aliphatic heterocycles. The zero-order valence-electron chi connectivity index (χ0n) is 13.0. The lowest BCUT2D eigenvalue weighted by Crippen LogP contribution is -2.43. The first kappa shape index (κ1) is 14.8. The Balaban J connectivity index is 1.54. The quantitative estimate of drug-likeness (QED) is 0.790. The number of piperidine rings is 1. The SMILES string of the molecule is COCc1noc(N2CCC(C3CC3CCO)CC2)[n+]1C. The van der Waals surface area contributed by atoms with Crippen LogP contribution in [0, 0.1) is 17.8 Å². The maximum Gasteiger partial charge on any atom is 0.437 e. The van der Waals surface area contributed by atoms with Crippen molar-refractivity contribution in [3.05, 3.63) is 5.82 Å². The van der Waals surface area contributed by atoms with Gasteiger partial charge in [0, 0.05) is 13.7 Å². The lowest BCUT2D eigenvalue weighted by atomic mass is 9.90. The van der Waals surface area contributed by atoms with E-state index in [0.29, 0.717) is 13.2 Å². The average Bonchev–Trinajstić information content (AvgIpc) is 3.17. The van der Waals surface area contributed by atoms with Gasteiger partial charge in [-0.25, -0.2) is 4.52 Å². The third-order valence-corrected chi connectivity index (χ3v) is 5.07. The molecule has 0 radical (unpaired) electrons. The molecule has 1 aromatic heterocycles. The Morgan fingerprint density at radius 1 is 1.43 bits per heavy atom. The zero-order valence-corrected chi connectivity index (χ0v) is 13.0. The predicted molar refractivity (Wildman–Crippen MR) is 76.6 cm³/mol. The first-order valence-corrected chi connectivity index (χ1v) is 7.94. The first-order chi connectivity index (χ1) is 10.2. The molecule has 2 atom stereocenters. The molecule has 2 heterocycles. The minimum Gasteiger partial charge on any atom is -0.396 e. The van der Waals surface area contributed by atoms with E-state index in [-0.39, 0.29) is 0 Å². The minimum atomic E-state index is 0.343. The van der Waals surface area contributed by atoms with Gasteiger partial charge < -0.3 is 9.84 Å². The number of hydrogen-bond acceptors (Lipinski definition) is 5. The van der Waals surface area contributed by atoms with Gasteiger partial charge in [-0.05, 0) is 43.4 Å². The fraction of sp³-hybridized carbons (Fsp3) is 0.867. The summed E-state index contributed by atoms with van der Waals surface area (Å²) in [5, 5.41) is 13.1. The molecule has 118 valence electrons. The van der Waals surface area contributed by atoms with Crippen LogP contribution in [0.25, 0.3) is 0 Å². The molecular formula is C15H26N3O3+. The second kappa shape index (κ2) is 6.32. The van der Waals surface area contributed by atoms with E-state index in [2.05, 4.69) is 10.1 Å². The summed E-state index contributed by atoms with van der Waals surface area (Å²) in [4.78, 5) is 2.28. The van der Waals surface area contributed by atoms with E-state index in [9.17, 15) is 0 Å². The number of aromatic nitrogens is 2. The molecule has 3 rings (SSSR count). The monoisotopic (exact) mass is 296 g/mol. The average molecular weight is 296 g/mol. The van der Waals surface area contributed by atoms with Gasteiger partial charge in [-0.1, -0.05) is 0 Å². The van der Waals surface area contributed by atoms with Crippen molar-refractivity contribution < 1.29 is 18.9 Å². The molecule has 2 aliphatic rings.